The van der Waals surface area contributed by atoms with Crippen LogP contribution in [0, 0.1) is 0 Å². The Morgan fingerprint density at radius 2 is 2.17 bits per heavy atom. The predicted octanol–water partition coefficient (Wildman–Crippen LogP) is 3.05. The van der Waals surface area contributed by atoms with Crippen molar-refractivity contribution in [3.05, 3.63) is 28.5 Å². The Bertz CT molecular complexity index is 580. The third-order valence-electron chi connectivity index (χ3n) is 3.27. The van der Waals surface area contributed by atoms with Gasteiger partial charge in [-0.05, 0) is 47.0 Å². The summed E-state index contributed by atoms with van der Waals surface area (Å²) in [5.74, 6) is 2.88. The number of hydrogen-bond acceptors (Lipinski definition) is 3. The fourth-order valence-corrected chi connectivity index (χ4v) is 2.87. The highest BCUT2D eigenvalue weighted by Crippen LogP contribution is 2.30. The number of aryl methyl sites for hydroxylation is 1. The first kappa shape index (κ1) is 11.7. The van der Waals surface area contributed by atoms with Crippen LogP contribution in [0.4, 0.5) is 0 Å². The van der Waals surface area contributed by atoms with Gasteiger partial charge in [-0.1, -0.05) is 0 Å². The van der Waals surface area contributed by atoms with Crippen molar-refractivity contribution >= 4 is 15.9 Å². The molecule has 0 fully saturated rings. The van der Waals surface area contributed by atoms with Crippen molar-refractivity contribution in [1.82, 2.24) is 14.8 Å². The number of benzene rings is 1. The molecule has 0 saturated carbocycles. The molecule has 0 radical (unpaired) electrons. The first-order valence-electron chi connectivity index (χ1n) is 6.05. The van der Waals surface area contributed by atoms with Crippen LogP contribution in [0.25, 0.3) is 11.4 Å². The maximum atomic E-state index is 5.24. The Kier molecular flexibility index (Phi) is 3.07. The number of nitrogens with zero attached hydrogens (tertiary/aromatic N) is 3. The van der Waals surface area contributed by atoms with Gasteiger partial charge < -0.3 is 9.30 Å². The van der Waals surface area contributed by atoms with Gasteiger partial charge in [0, 0.05) is 18.5 Å². The molecule has 0 amide bonds. The van der Waals surface area contributed by atoms with Crippen LogP contribution < -0.4 is 4.74 Å². The van der Waals surface area contributed by atoms with E-state index >= 15 is 0 Å². The van der Waals surface area contributed by atoms with Crippen LogP contribution in [0.3, 0.4) is 0 Å². The standard InChI is InChI=1S/C13H14BrN3O/c1-18-11-6-5-9(8-10(11)14)13-16-15-12-4-2-3-7-17(12)13/h5-6,8H,2-4,7H2,1H3. The van der Waals surface area contributed by atoms with E-state index in [1.54, 1.807) is 7.11 Å². The van der Waals surface area contributed by atoms with Crippen LogP contribution in [0.15, 0.2) is 22.7 Å². The Labute approximate surface area is 114 Å². The molecule has 1 aromatic heterocycles. The summed E-state index contributed by atoms with van der Waals surface area (Å²) in [5.41, 5.74) is 1.07. The quantitative estimate of drug-likeness (QED) is 0.856. The molecule has 0 atom stereocenters. The second-order valence-electron chi connectivity index (χ2n) is 4.40. The largest absolute Gasteiger partial charge is 0.496 e. The van der Waals surface area contributed by atoms with Gasteiger partial charge in [0.05, 0.1) is 11.6 Å². The average Bonchev–Trinajstić information content (AvgIpc) is 2.82. The Morgan fingerprint density at radius 3 is 2.94 bits per heavy atom. The summed E-state index contributed by atoms with van der Waals surface area (Å²) in [7, 11) is 1.67. The van der Waals surface area contributed by atoms with Crippen LogP contribution >= 0.6 is 15.9 Å². The summed E-state index contributed by atoms with van der Waals surface area (Å²) >= 11 is 3.51. The summed E-state index contributed by atoms with van der Waals surface area (Å²) < 4.78 is 8.40. The predicted molar refractivity (Wildman–Crippen MR) is 72.6 cm³/mol. The van der Waals surface area contributed by atoms with Gasteiger partial charge in [-0.3, -0.25) is 0 Å². The number of rotatable bonds is 2. The number of halogens is 1. The molecule has 1 aliphatic heterocycles. The zero-order chi connectivity index (χ0) is 12.5. The Hall–Kier alpha value is -1.36. The van der Waals surface area contributed by atoms with Gasteiger partial charge in [-0.15, -0.1) is 10.2 Å². The summed E-state index contributed by atoms with van der Waals surface area (Å²) in [4.78, 5) is 0. The maximum absolute atomic E-state index is 5.24. The number of aromatic nitrogens is 3. The van der Waals surface area contributed by atoms with Crippen molar-refractivity contribution in [1.29, 1.82) is 0 Å². The SMILES string of the molecule is COc1ccc(-c2nnc3n2CCCC3)cc1Br. The fraction of sp³-hybridized carbons (Fsp3) is 0.385. The Balaban J connectivity index is 2.04. The van der Waals surface area contributed by atoms with E-state index in [-0.39, 0.29) is 0 Å². The highest BCUT2D eigenvalue weighted by molar-refractivity contribution is 9.10. The van der Waals surface area contributed by atoms with E-state index in [0.717, 1.165) is 40.4 Å². The van der Waals surface area contributed by atoms with Crippen LogP contribution in [-0.4, -0.2) is 21.9 Å². The third-order valence-corrected chi connectivity index (χ3v) is 3.89. The maximum Gasteiger partial charge on any atom is 0.164 e. The molecule has 0 saturated heterocycles. The second-order valence-corrected chi connectivity index (χ2v) is 5.25. The van der Waals surface area contributed by atoms with Crippen molar-refractivity contribution in [2.45, 2.75) is 25.8 Å². The number of methoxy groups -OCH3 is 1. The number of ether oxygens (including phenoxy) is 1. The second kappa shape index (κ2) is 4.72. The summed E-state index contributed by atoms with van der Waals surface area (Å²) in [5, 5.41) is 8.59. The summed E-state index contributed by atoms with van der Waals surface area (Å²) in [6, 6.07) is 6.00. The molecule has 4 nitrogen and oxygen atoms in total. The van der Waals surface area contributed by atoms with Crippen molar-refractivity contribution < 1.29 is 4.74 Å². The molecule has 2 heterocycles. The molecular formula is C13H14BrN3O. The molecule has 0 spiro atoms. The van der Waals surface area contributed by atoms with Gasteiger partial charge >= 0.3 is 0 Å². The number of fused-ring (bicyclic) bond motifs is 1. The van der Waals surface area contributed by atoms with E-state index in [1.807, 2.05) is 18.2 Å². The van der Waals surface area contributed by atoms with Crippen molar-refractivity contribution in [3.8, 4) is 17.1 Å². The molecule has 94 valence electrons. The molecule has 3 rings (SSSR count). The van der Waals surface area contributed by atoms with E-state index in [2.05, 4.69) is 30.7 Å². The number of hydrogen-bond donors (Lipinski definition) is 0. The van der Waals surface area contributed by atoms with Crippen LogP contribution in [0.2, 0.25) is 0 Å². The minimum absolute atomic E-state index is 0.831. The molecular weight excluding hydrogens is 294 g/mol. The minimum atomic E-state index is 0.831. The minimum Gasteiger partial charge on any atom is -0.496 e. The van der Waals surface area contributed by atoms with Crippen LogP contribution in [-0.2, 0) is 13.0 Å². The van der Waals surface area contributed by atoms with Crippen LogP contribution in [0.5, 0.6) is 5.75 Å². The molecule has 0 unspecified atom stereocenters. The molecule has 0 bridgehead atoms. The summed E-state index contributed by atoms with van der Waals surface area (Å²) in [6.45, 7) is 1.02. The lowest BCUT2D eigenvalue weighted by Crippen LogP contribution is -2.11. The van der Waals surface area contributed by atoms with E-state index in [4.69, 9.17) is 4.74 Å². The molecule has 5 heteroatoms. The average molecular weight is 308 g/mol. The van der Waals surface area contributed by atoms with Gasteiger partial charge in [-0.25, -0.2) is 0 Å². The molecule has 18 heavy (non-hydrogen) atoms. The smallest absolute Gasteiger partial charge is 0.164 e. The normalized spacial score (nSPS) is 14.3. The zero-order valence-corrected chi connectivity index (χ0v) is 11.8. The molecule has 1 aliphatic rings. The lowest BCUT2D eigenvalue weighted by molar-refractivity contribution is 0.412. The lowest BCUT2D eigenvalue weighted by Gasteiger charge is -2.15. The lowest BCUT2D eigenvalue weighted by atomic mass is 10.1. The van der Waals surface area contributed by atoms with E-state index < -0.39 is 0 Å². The van der Waals surface area contributed by atoms with Crippen molar-refractivity contribution in [2.24, 2.45) is 0 Å². The van der Waals surface area contributed by atoms with E-state index in [9.17, 15) is 0 Å². The van der Waals surface area contributed by atoms with E-state index in [1.165, 1.54) is 12.8 Å². The fourth-order valence-electron chi connectivity index (χ4n) is 2.33. The van der Waals surface area contributed by atoms with Gasteiger partial charge in [0.1, 0.15) is 11.6 Å². The highest BCUT2D eigenvalue weighted by atomic mass is 79.9. The van der Waals surface area contributed by atoms with Gasteiger partial charge in [0.2, 0.25) is 0 Å². The van der Waals surface area contributed by atoms with Crippen molar-refractivity contribution in [2.75, 3.05) is 7.11 Å². The first-order valence-corrected chi connectivity index (χ1v) is 6.85. The van der Waals surface area contributed by atoms with Gasteiger partial charge in [0.25, 0.3) is 0 Å². The third kappa shape index (κ3) is 1.92. The molecule has 1 aromatic carbocycles. The Morgan fingerprint density at radius 1 is 1.28 bits per heavy atom. The molecule has 0 aliphatic carbocycles. The highest BCUT2D eigenvalue weighted by Gasteiger charge is 2.17. The molecule has 0 N–H and O–H groups in total. The van der Waals surface area contributed by atoms with Gasteiger partial charge in [-0.2, -0.15) is 0 Å². The zero-order valence-electron chi connectivity index (χ0n) is 10.2. The molecule has 2 aromatic rings. The summed E-state index contributed by atoms with van der Waals surface area (Å²) in [6.07, 6.45) is 3.45. The van der Waals surface area contributed by atoms with Gasteiger partial charge in [0.15, 0.2) is 5.82 Å². The van der Waals surface area contributed by atoms with Crippen LogP contribution in [0.1, 0.15) is 18.7 Å². The topological polar surface area (TPSA) is 39.9 Å². The monoisotopic (exact) mass is 307 g/mol. The van der Waals surface area contributed by atoms with E-state index in [0.29, 0.717) is 0 Å². The van der Waals surface area contributed by atoms with Crippen molar-refractivity contribution in [3.63, 3.8) is 0 Å². The first-order chi connectivity index (χ1) is 8.79.